The zero-order valence-corrected chi connectivity index (χ0v) is 15.3. The number of rotatable bonds is 8. The lowest BCUT2D eigenvalue weighted by Gasteiger charge is -2.10. The predicted molar refractivity (Wildman–Crippen MR) is 99.3 cm³/mol. The van der Waals surface area contributed by atoms with Gasteiger partial charge in [-0.3, -0.25) is 4.79 Å². The molecule has 0 atom stereocenters. The van der Waals surface area contributed by atoms with Gasteiger partial charge in [0.2, 0.25) is 0 Å². The molecule has 2 aromatic rings. The van der Waals surface area contributed by atoms with Gasteiger partial charge in [-0.2, -0.15) is 5.26 Å². The van der Waals surface area contributed by atoms with Gasteiger partial charge in [-0.05, 0) is 48.0 Å². The van der Waals surface area contributed by atoms with Gasteiger partial charge in [-0.15, -0.1) is 13.2 Å². The van der Waals surface area contributed by atoms with E-state index in [0.29, 0.717) is 11.3 Å². The molecule has 2 rings (SSSR count). The highest BCUT2D eigenvalue weighted by molar-refractivity contribution is 5.94. The largest absolute Gasteiger partial charge is 0.573 e. The Morgan fingerprint density at radius 3 is 2.27 bits per heavy atom. The number of nitrogens with zero attached hydrogens (tertiary/aromatic N) is 1. The van der Waals surface area contributed by atoms with Gasteiger partial charge in [0.05, 0.1) is 0 Å². The van der Waals surface area contributed by atoms with Crippen LogP contribution in [0.1, 0.15) is 5.56 Å². The SMILES string of the molecule is N#CCOc1ccc(/C=C/C(=O)OCC(=O)Nc2ccc(OC(F)(F)F)cc2)cc1. The molecule has 0 spiro atoms. The molecule has 0 aliphatic heterocycles. The molecule has 0 radical (unpaired) electrons. The Hall–Kier alpha value is -4.00. The second-order valence-corrected chi connectivity index (χ2v) is 5.58. The van der Waals surface area contributed by atoms with E-state index < -0.39 is 30.6 Å². The van der Waals surface area contributed by atoms with Crippen LogP contribution in [0.15, 0.2) is 54.6 Å². The van der Waals surface area contributed by atoms with E-state index in [0.717, 1.165) is 18.2 Å². The number of halogens is 3. The van der Waals surface area contributed by atoms with Crippen molar-refractivity contribution in [2.75, 3.05) is 18.5 Å². The zero-order chi connectivity index (χ0) is 22.0. The van der Waals surface area contributed by atoms with Gasteiger partial charge >= 0.3 is 12.3 Å². The van der Waals surface area contributed by atoms with E-state index in [1.54, 1.807) is 24.3 Å². The highest BCUT2D eigenvalue weighted by Gasteiger charge is 2.30. The molecule has 1 N–H and O–H groups in total. The Balaban J connectivity index is 1.76. The molecule has 2 aromatic carbocycles. The van der Waals surface area contributed by atoms with Crippen molar-refractivity contribution in [3.8, 4) is 17.6 Å². The summed E-state index contributed by atoms with van der Waals surface area (Å²) in [5.41, 5.74) is 0.877. The van der Waals surface area contributed by atoms with Gasteiger partial charge in [-0.1, -0.05) is 12.1 Å². The predicted octanol–water partition coefficient (Wildman–Crippen LogP) is 3.68. The van der Waals surface area contributed by atoms with Crippen LogP contribution in [0.3, 0.4) is 0 Å². The maximum absolute atomic E-state index is 12.1. The normalized spacial score (nSPS) is 10.9. The summed E-state index contributed by atoms with van der Waals surface area (Å²) in [4.78, 5) is 23.5. The van der Waals surface area contributed by atoms with Gasteiger partial charge in [0, 0.05) is 11.8 Å². The van der Waals surface area contributed by atoms with Crippen LogP contribution in [-0.4, -0.2) is 31.5 Å². The van der Waals surface area contributed by atoms with E-state index in [1.807, 2.05) is 6.07 Å². The Kier molecular flexibility index (Phi) is 7.82. The van der Waals surface area contributed by atoms with E-state index in [1.165, 1.54) is 18.2 Å². The number of alkyl halides is 3. The molecule has 0 saturated heterocycles. The molecular formula is C20H15F3N2O5. The van der Waals surface area contributed by atoms with Crippen LogP contribution in [0, 0.1) is 11.3 Å². The summed E-state index contributed by atoms with van der Waals surface area (Å²) < 4.78 is 49.9. The van der Waals surface area contributed by atoms with Crippen molar-refractivity contribution >= 4 is 23.6 Å². The average molecular weight is 420 g/mol. The lowest BCUT2D eigenvalue weighted by atomic mass is 10.2. The summed E-state index contributed by atoms with van der Waals surface area (Å²) in [7, 11) is 0. The molecule has 10 heteroatoms. The topological polar surface area (TPSA) is 97.6 Å². The number of carbonyl (C=O) groups is 2. The van der Waals surface area contributed by atoms with Gasteiger partial charge in [0.15, 0.2) is 13.2 Å². The van der Waals surface area contributed by atoms with Crippen LogP contribution in [0.4, 0.5) is 18.9 Å². The number of esters is 1. The van der Waals surface area contributed by atoms with Crippen molar-refractivity contribution in [3.05, 3.63) is 60.2 Å². The number of anilines is 1. The molecule has 0 aliphatic rings. The Morgan fingerprint density at radius 2 is 1.67 bits per heavy atom. The van der Waals surface area contributed by atoms with E-state index in [9.17, 15) is 22.8 Å². The van der Waals surface area contributed by atoms with Gasteiger partial charge in [-0.25, -0.2) is 4.79 Å². The second-order valence-electron chi connectivity index (χ2n) is 5.58. The number of nitrogens with one attached hydrogen (secondary N) is 1. The highest BCUT2D eigenvalue weighted by atomic mass is 19.4. The Labute approximate surface area is 169 Å². The van der Waals surface area contributed by atoms with Crippen LogP contribution < -0.4 is 14.8 Å². The van der Waals surface area contributed by atoms with Crippen LogP contribution >= 0.6 is 0 Å². The molecule has 0 saturated carbocycles. The summed E-state index contributed by atoms with van der Waals surface area (Å²) in [5.74, 6) is -1.35. The van der Waals surface area contributed by atoms with Gasteiger partial charge < -0.3 is 19.5 Å². The lowest BCUT2D eigenvalue weighted by molar-refractivity contribution is -0.274. The van der Waals surface area contributed by atoms with Crippen molar-refractivity contribution in [1.82, 2.24) is 0 Å². The minimum Gasteiger partial charge on any atom is -0.479 e. The maximum Gasteiger partial charge on any atom is 0.573 e. The second kappa shape index (κ2) is 10.5. The summed E-state index contributed by atoms with van der Waals surface area (Å²) in [5, 5.41) is 10.8. The number of benzene rings is 2. The van der Waals surface area contributed by atoms with Crippen molar-refractivity contribution in [3.63, 3.8) is 0 Å². The first-order chi connectivity index (χ1) is 14.2. The fourth-order valence-corrected chi connectivity index (χ4v) is 2.08. The van der Waals surface area contributed by atoms with Crippen molar-refractivity contribution in [1.29, 1.82) is 5.26 Å². The number of hydrogen-bond donors (Lipinski definition) is 1. The first kappa shape index (κ1) is 22.3. The van der Waals surface area contributed by atoms with Crippen molar-refractivity contribution < 1.29 is 37.0 Å². The number of amides is 1. The van der Waals surface area contributed by atoms with Crippen LogP contribution in [0.5, 0.6) is 11.5 Å². The average Bonchev–Trinajstić information content (AvgIpc) is 2.70. The smallest absolute Gasteiger partial charge is 0.479 e. The molecule has 7 nitrogen and oxygen atoms in total. The highest BCUT2D eigenvalue weighted by Crippen LogP contribution is 2.23. The molecule has 0 aromatic heterocycles. The minimum absolute atomic E-state index is 0.0743. The number of hydrogen-bond acceptors (Lipinski definition) is 6. The Morgan fingerprint density at radius 1 is 1.03 bits per heavy atom. The zero-order valence-electron chi connectivity index (χ0n) is 15.3. The molecule has 0 unspecified atom stereocenters. The van der Waals surface area contributed by atoms with Crippen LogP contribution in [0.25, 0.3) is 6.08 Å². The lowest BCUT2D eigenvalue weighted by Crippen LogP contribution is -2.20. The molecule has 0 bridgehead atoms. The maximum atomic E-state index is 12.1. The molecular weight excluding hydrogens is 405 g/mol. The summed E-state index contributed by atoms with van der Waals surface area (Å²) in [6, 6.07) is 12.9. The Bertz CT molecular complexity index is 933. The molecule has 0 heterocycles. The number of nitriles is 1. The standard InChI is InChI=1S/C20H15F3N2O5/c21-20(22,23)30-17-8-4-15(5-9-17)25-18(26)13-29-19(27)10-3-14-1-6-16(7-2-14)28-12-11-24/h1-10H,12-13H2,(H,25,26)/b10-3+. The van der Waals surface area contributed by atoms with E-state index in [-0.39, 0.29) is 12.3 Å². The monoisotopic (exact) mass is 420 g/mol. The molecule has 156 valence electrons. The molecule has 0 fully saturated rings. The summed E-state index contributed by atoms with van der Waals surface area (Å²) in [6.45, 7) is -0.653. The van der Waals surface area contributed by atoms with E-state index in [2.05, 4.69) is 10.1 Å². The van der Waals surface area contributed by atoms with E-state index >= 15 is 0 Å². The van der Waals surface area contributed by atoms with Crippen LogP contribution in [-0.2, 0) is 14.3 Å². The summed E-state index contributed by atoms with van der Waals surface area (Å²) >= 11 is 0. The van der Waals surface area contributed by atoms with Gasteiger partial charge in [0.1, 0.15) is 17.6 Å². The van der Waals surface area contributed by atoms with Gasteiger partial charge in [0.25, 0.3) is 5.91 Å². The molecule has 0 aliphatic carbocycles. The van der Waals surface area contributed by atoms with E-state index in [4.69, 9.17) is 14.7 Å². The molecule has 1 amide bonds. The van der Waals surface area contributed by atoms with Crippen LogP contribution in [0.2, 0.25) is 0 Å². The third kappa shape index (κ3) is 8.35. The van der Waals surface area contributed by atoms with Crippen molar-refractivity contribution in [2.45, 2.75) is 6.36 Å². The first-order valence-electron chi connectivity index (χ1n) is 8.35. The molecule has 30 heavy (non-hydrogen) atoms. The summed E-state index contributed by atoms with van der Waals surface area (Å²) in [6.07, 6.45) is -2.21. The number of ether oxygens (including phenoxy) is 3. The van der Waals surface area contributed by atoms with Crippen molar-refractivity contribution in [2.24, 2.45) is 0 Å². The first-order valence-corrected chi connectivity index (χ1v) is 8.35. The third-order valence-corrected chi connectivity index (χ3v) is 3.31. The fraction of sp³-hybridized carbons (Fsp3) is 0.150. The quantitative estimate of drug-likeness (QED) is 0.517. The number of carbonyl (C=O) groups excluding carboxylic acids is 2. The third-order valence-electron chi connectivity index (χ3n) is 3.31. The fourth-order valence-electron chi connectivity index (χ4n) is 2.08. The minimum atomic E-state index is -4.81.